The van der Waals surface area contributed by atoms with Crippen molar-refractivity contribution in [2.75, 3.05) is 5.32 Å². The van der Waals surface area contributed by atoms with Gasteiger partial charge in [0, 0.05) is 12.7 Å². The fraction of sp³-hybridized carbons (Fsp3) is 0.176. The minimum absolute atomic E-state index is 0.122. The monoisotopic (exact) mass is 450 g/mol. The van der Waals surface area contributed by atoms with Crippen molar-refractivity contribution in [1.29, 1.82) is 0 Å². The lowest BCUT2D eigenvalue weighted by atomic mass is 10.2. The van der Waals surface area contributed by atoms with Crippen LogP contribution in [0.15, 0.2) is 34.8 Å². The first-order valence-electron chi connectivity index (χ1n) is 7.94. The van der Waals surface area contributed by atoms with Gasteiger partial charge >= 0.3 is 0 Å². The summed E-state index contributed by atoms with van der Waals surface area (Å²) in [5, 5.41) is 16.6. The molecule has 1 aromatic carbocycles. The van der Waals surface area contributed by atoms with Crippen LogP contribution < -0.4 is 10.6 Å². The number of nitrogens with zero attached hydrogens (tertiary/aromatic N) is 3. The highest BCUT2D eigenvalue weighted by molar-refractivity contribution is 9.10. The molecule has 0 saturated carbocycles. The zero-order valence-corrected chi connectivity index (χ0v) is 16.8. The predicted octanol–water partition coefficient (Wildman–Crippen LogP) is 3.05. The van der Waals surface area contributed by atoms with Crippen LogP contribution in [0.5, 0.6) is 0 Å². The van der Waals surface area contributed by atoms with Gasteiger partial charge in [0.15, 0.2) is 5.69 Å². The van der Waals surface area contributed by atoms with Crippen LogP contribution >= 0.6 is 27.5 Å². The molecule has 0 spiro atoms. The van der Waals surface area contributed by atoms with E-state index >= 15 is 0 Å². The van der Waals surface area contributed by atoms with Gasteiger partial charge in [-0.3, -0.25) is 19.4 Å². The highest BCUT2D eigenvalue weighted by Gasteiger charge is 2.20. The van der Waals surface area contributed by atoms with Crippen LogP contribution in [0.25, 0.3) is 0 Å². The summed E-state index contributed by atoms with van der Waals surface area (Å²) < 4.78 is 2.08. The lowest BCUT2D eigenvalue weighted by molar-refractivity contribution is 0.0943. The van der Waals surface area contributed by atoms with Gasteiger partial charge in [0.1, 0.15) is 5.82 Å². The molecule has 0 aliphatic rings. The van der Waals surface area contributed by atoms with Crippen molar-refractivity contribution in [3.05, 3.63) is 62.5 Å². The van der Waals surface area contributed by atoms with Crippen LogP contribution in [0.2, 0.25) is 5.02 Å². The van der Waals surface area contributed by atoms with Gasteiger partial charge < -0.3 is 10.6 Å². The molecule has 0 atom stereocenters. The second kappa shape index (κ2) is 7.93. The topological polar surface area (TPSA) is 105 Å². The minimum Gasteiger partial charge on any atom is -0.345 e. The van der Waals surface area contributed by atoms with Crippen LogP contribution in [0.3, 0.4) is 0 Å². The molecule has 0 saturated heterocycles. The second-order valence-electron chi connectivity index (χ2n) is 5.78. The van der Waals surface area contributed by atoms with Gasteiger partial charge in [-0.2, -0.15) is 10.2 Å². The van der Waals surface area contributed by atoms with Gasteiger partial charge in [-0.1, -0.05) is 23.7 Å². The number of hydrogen-bond donors (Lipinski definition) is 3. The van der Waals surface area contributed by atoms with Gasteiger partial charge in [-0.15, -0.1) is 0 Å². The SMILES string of the molecule is Cc1cc(CNC(=O)c2n[nH]c(NC(=O)c3ccccc3Cl)c2Br)nn1C. The van der Waals surface area contributed by atoms with Crippen molar-refractivity contribution in [1.82, 2.24) is 25.3 Å². The molecule has 8 nitrogen and oxygen atoms in total. The van der Waals surface area contributed by atoms with Gasteiger partial charge in [0.2, 0.25) is 0 Å². The number of aromatic amines is 1. The molecule has 2 aromatic heterocycles. The van der Waals surface area contributed by atoms with Crippen LogP contribution in [-0.2, 0) is 13.6 Å². The number of halogens is 2. The van der Waals surface area contributed by atoms with Crippen molar-refractivity contribution in [3.8, 4) is 0 Å². The van der Waals surface area contributed by atoms with E-state index < -0.39 is 11.8 Å². The van der Waals surface area contributed by atoms with Gasteiger partial charge in [0.25, 0.3) is 11.8 Å². The molecular weight excluding hydrogens is 436 g/mol. The first kappa shape index (κ1) is 19.1. The summed E-state index contributed by atoms with van der Waals surface area (Å²) >= 11 is 9.31. The number of nitrogens with one attached hydrogen (secondary N) is 3. The largest absolute Gasteiger partial charge is 0.345 e. The lowest BCUT2D eigenvalue weighted by Crippen LogP contribution is -2.24. The maximum atomic E-state index is 12.4. The first-order valence-corrected chi connectivity index (χ1v) is 9.11. The van der Waals surface area contributed by atoms with Crippen LogP contribution in [0.4, 0.5) is 5.82 Å². The summed E-state index contributed by atoms with van der Waals surface area (Å²) in [7, 11) is 1.83. The molecule has 3 N–H and O–H groups in total. The Morgan fingerprint density at radius 2 is 2.04 bits per heavy atom. The number of hydrogen-bond acceptors (Lipinski definition) is 4. The van der Waals surface area contributed by atoms with Crippen molar-refractivity contribution >= 4 is 45.2 Å². The molecule has 0 unspecified atom stereocenters. The number of carbonyl (C=O) groups is 2. The van der Waals surface area contributed by atoms with E-state index in [-0.39, 0.29) is 18.1 Å². The van der Waals surface area contributed by atoms with Crippen molar-refractivity contribution in [3.63, 3.8) is 0 Å². The molecule has 27 heavy (non-hydrogen) atoms. The van der Waals surface area contributed by atoms with Gasteiger partial charge in [0.05, 0.1) is 27.3 Å². The molecule has 2 amide bonds. The van der Waals surface area contributed by atoms with E-state index in [1.165, 1.54) is 0 Å². The van der Waals surface area contributed by atoms with Crippen molar-refractivity contribution in [2.45, 2.75) is 13.5 Å². The lowest BCUT2D eigenvalue weighted by Gasteiger charge is -2.05. The normalized spacial score (nSPS) is 10.7. The molecule has 3 aromatic rings. The van der Waals surface area contributed by atoms with Crippen LogP contribution in [0.1, 0.15) is 32.2 Å². The van der Waals surface area contributed by atoms with E-state index in [1.807, 2.05) is 20.0 Å². The summed E-state index contributed by atoms with van der Waals surface area (Å²) in [5.41, 5.74) is 2.17. The van der Waals surface area contributed by atoms with Crippen LogP contribution in [-0.4, -0.2) is 31.8 Å². The maximum absolute atomic E-state index is 12.4. The maximum Gasteiger partial charge on any atom is 0.273 e. The summed E-state index contributed by atoms with van der Waals surface area (Å²) in [4.78, 5) is 24.7. The Kier molecular flexibility index (Phi) is 5.62. The third kappa shape index (κ3) is 4.20. The fourth-order valence-corrected chi connectivity index (χ4v) is 3.04. The van der Waals surface area contributed by atoms with E-state index in [9.17, 15) is 9.59 Å². The third-order valence-corrected chi connectivity index (χ3v) is 4.98. The predicted molar refractivity (Wildman–Crippen MR) is 105 cm³/mol. The Labute approximate surface area is 168 Å². The number of H-pyrrole nitrogens is 1. The average Bonchev–Trinajstić information content (AvgIpc) is 3.15. The smallest absolute Gasteiger partial charge is 0.273 e. The molecule has 0 aliphatic heterocycles. The standard InChI is InChI=1S/C17H16BrClN6O2/c1-9-7-10(24-25(9)2)8-20-17(27)14-13(18)15(23-22-14)21-16(26)11-5-3-4-6-12(11)19/h3-7H,8H2,1-2H3,(H,20,27)(H2,21,22,23,26). The van der Waals surface area contributed by atoms with Crippen molar-refractivity contribution in [2.24, 2.45) is 7.05 Å². The summed E-state index contributed by atoms with van der Waals surface area (Å²) in [6.45, 7) is 2.19. The van der Waals surface area contributed by atoms with E-state index in [1.54, 1.807) is 28.9 Å². The van der Waals surface area contributed by atoms with Crippen molar-refractivity contribution < 1.29 is 9.59 Å². The minimum atomic E-state index is -0.416. The highest BCUT2D eigenvalue weighted by Crippen LogP contribution is 2.25. The quantitative estimate of drug-likeness (QED) is 0.554. The average molecular weight is 452 g/mol. The summed E-state index contributed by atoms with van der Waals surface area (Å²) in [6.07, 6.45) is 0. The molecule has 2 heterocycles. The second-order valence-corrected chi connectivity index (χ2v) is 6.98. The van der Waals surface area contributed by atoms with Crippen LogP contribution in [0, 0.1) is 6.92 Å². The number of rotatable bonds is 5. The van der Waals surface area contributed by atoms with E-state index in [4.69, 9.17) is 11.6 Å². The third-order valence-electron chi connectivity index (χ3n) is 3.87. The Hall–Kier alpha value is -2.65. The Morgan fingerprint density at radius 1 is 1.30 bits per heavy atom. The number of aryl methyl sites for hydroxylation is 2. The number of aromatic nitrogens is 4. The fourth-order valence-electron chi connectivity index (χ4n) is 2.36. The molecule has 10 heteroatoms. The Morgan fingerprint density at radius 3 is 2.70 bits per heavy atom. The number of anilines is 1. The molecule has 0 aliphatic carbocycles. The zero-order valence-electron chi connectivity index (χ0n) is 14.5. The number of amides is 2. The first-order chi connectivity index (χ1) is 12.9. The molecule has 140 valence electrons. The van der Waals surface area contributed by atoms with Gasteiger partial charge in [-0.25, -0.2) is 0 Å². The zero-order chi connectivity index (χ0) is 19.6. The molecule has 0 fully saturated rings. The Balaban J connectivity index is 1.68. The number of carbonyl (C=O) groups excluding carboxylic acids is 2. The van der Waals surface area contributed by atoms with E-state index in [0.29, 0.717) is 15.1 Å². The van der Waals surface area contributed by atoms with E-state index in [2.05, 4.69) is 41.9 Å². The van der Waals surface area contributed by atoms with Gasteiger partial charge in [-0.05, 0) is 41.1 Å². The molecule has 3 rings (SSSR count). The molecule has 0 radical (unpaired) electrons. The van der Waals surface area contributed by atoms with E-state index in [0.717, 1.165) is 11.4 Å². The number of benzene rings is 1. The summed E-state index contributed by atoms with van der Waals surface area (Å²) in [5.74, 6) is -0.556. The highest BCUT2D eigenvalue weighted by atomic mass is 79.9. The molecular formula is C17H16BrClN6O2. The summed E-state index contributed by atoms with van der Waals surface area (Å²) in [6, 6.07) is 8.55. The molecule has 0 bridgehead atoms. The Bertz CT molecular complexity index is 993.